The van der Waals surface area contributed by atoms with Crippen molar-refractivity contribution in [1.82, 2.24) is 0 Å². The molecule has 0 unspecified atom stereocenters. The van der Waals surface area contributed by atoms with E-state index in [-0.39, 0.29) is 31.6 Å². The average Bonchev–Trinajstić information content (AvgIpc) is 1.63. The summed E-state index contributed by atoms with van der Waals surface area (Å²) in [7, 11) is 0. The summed E-state index contributed by atoms with van der Waals surface area (Å²) in [5.74, 6) is -0.833. The Kier molecular flexibility index (Phi) is 12.7. The largest absolute Gasteiger partial charge is 0.541 e. The van der Waals surface area contributed by atoms with Gasteiger partial charge in [0.2, 0.25) is 0 Å². The summed E-state index contributed by atoms with van der Waals surface area (Å²) in [6.45, 7) is 6.54. The van der Waals surface area contributed by atoms with Crippen LogP contribution < -0.4 is 0 Å². The van der Waals surface area contributed by atoms with E-state index in [0.29, 0.717) is 0 Å². The summed E-state index contributed by atoms with van der Waals surface area (Å²) in [5.41, 5.74) is -0.264. The van der Waals surface area contributed by atoms with E-state index in [2.05, 4.69) is 0 Å². The smallest absolute Gasteiger partial charge is 0.300 e. The Morgan fingerprint density at radius 3 is 1.45 bits per heavy atom. The second kappa shape index (κ2) is 8.12. The zero-order chi connectivity index (χ0) is 8.78. The van der Waals surface area contributed by atoms with E-state index in [0.717, 1.165) is 6.92 Å². The SMILES string of the molecule is CC(=O)O.CC(C)(C)[C-]=O.[Zr]. The summed E-state index contributed by atoms with van der Waals surface area (Å²) in [4.78, 5) is 18.7. The maximum Gasteiger partial charge on any atom is 0.300 e. The number of carboxylic acids is 1. The molecule has 0 saturated heterocycles. The quantitative estimate of drug-likeness (QED) is 0.644. The van der Waals surface area contributed by atoms with Crippen molar-refractivity contribution in [3.8, 4) is 0 Å². The van der Waals surface area contributed by atoms with Crippen molar-refractivity contribution < 1.29 is 40.9 Å². The molecule has 0 atom stereocenters. The van der Waals surface area contributed by atoms with Crippen LogP contribution in [0.1, 0.15) is 27.7 Å². The number of carbonyl (C=O) groups is 1. The first kappa shape index (κ1) is 17.2. The van der Waals surface area contributed by atoms with E-state index < -0.39 is 5.97 Å². The first-order valence-electron chi connectivity index (χ1n) is 2.88. The van der Waals surface area contributed by atoms with Crippen molar-refractivity contribution in [1.29, 1.82) is 0 Å². The Labute approximate surface area is 86.3 Å². The first-order valence-corrected chi connectivity index (χ1v) is 2.88. The van der Waals surface area contributed by atoms with Gasteiger partial charge in [0.15, 0.2) is 0 Å². The molecule has 0 radical (unpaired) electrons. The number of carbonyl (C=O) groups excluding carboxylic acids is 1. The Hall–Kier alpha value is 0.0231. The van der Waals surface area contributed by atoms with Crippen LogP contribution >= 0.6 is 0 Å². The number of aliphatic carboxylic acids is 1. The van der Waals surface area contributed by atoms with Crippen LogP contribution in [-0.2, 0) is 35.8 Å². The molecule has 3 nitrogen and oxygen atoms in total. The molecular formula is C7H13O3Zr-. The van der Waals surface area contributed by atoms with Gasteiger partial charge in [-0.3, -0.25) is 11.1 Å². The molecule has 4 heteroatoms. The number of hydrogen-bond acceptors (Lipinski definition) is 2. The maximum absolute atomic E-state index is 9.70. The predicted octanol–water partition coefficient (Wildman–Crippen LogP) is 1.23. The molecule has 64 valence electrons. The van der Waals surface area contributed by atoms with Crippen molar-refractivity contribution in [3.05, 3.63) is 0 Å². The van der Waals surface area contributed by atoms with Gasteiger partial charge in [-0.1, -0.05) is 20.8 Å². The summed E-state index contributed by atoms with van der Waals surface area (Å²) in [6, 6.07) is 0. The van der Waals surface area contributed by atoms with Gasteiger partial charge >= 0.3 is 0 Å². The molecule has 0 aromatic rings. The number of hydrogen-bond donors (Lipinski definition) is 1. The monoisotopic (exact) mass is 235 g/mol. The molecule has 0 amide bonds. The summed E-state index contributed by atoms with van der Waals surface area (Å²) in [6.07, 6.45) is 1.85. The standard InChI is InChI=1S/C5H9O.C2H4O2.Zr/c1-5(2,3)4-6;1-2(3)4;/h1-3H3;1H3,(H,3,4);/q-1;;. The van der Waals surface area contributed by atoms with E-state index in [1.807, 2.05) is 27.1 Å². The van der Waals surface area contributed by atoms with E-state index in [9.17, 15) is 4.79 Å². The van der Waals surface area contributed by atoms with Crippen molar-refractivity contribution in [2.75, 3.05) is 0 Å². The molecule has 0 aliphatic carbocycles. The Morgan fingerprint density at radius 2 is 1.45 bits per heavy atom. The van der Waals surface area contributed by atoms with Gasteiger partial charge in [-0.25, -0.2) is 0 Å². The van der Waals surface area contributed by atoms with E-state index in [1.165, 1.54) is 0 Å². The minimum Gasteiger partial charge on any atom is -0.541 e. The fourth-order valence-electron chi connectivity index (χ4n) is 0. The van der Waals surface area contributed by atoms with Gasteiger partial charge in [-0.15, -0.1) is 5.41 Å². The topological polar surface area (TPSA) is 54.4 Å². The average molecular weight is 236 g/mol. The molecule has 0 saturated carbocycles. The Bertz CT molecular complexity index is 111. The summed E-state index contributed by atoms with van der Waals surface area (Å²) < 4.78 is 0. The van der Waals surface area contributed by atoms with Gasteiger partial charge in [0, 0.05) is 33.1 Å². The van der Waals surface area contributed by atoms with Crippen LogP contribution in [-0.4, -0.2) is 17.4 Å². The maximum atomic E-state index is 9.70. The third-order valence-electron chi connectivity index (χ3n) is 0.306. The molecule has 0 fully saturated rings. The minimum absolute atomic E-state index is 0. The van der Waals surface area contributed by atoms with Crippen LogP contribution in [0.25, 0.3) is 0 Å². The second-order valence-electron chi connectivity index (χ2n) is 2.87. The van der Waals surface area contributed by atoms with Crippen molar-refractivity contribution in [2.24, 2.45) is 5.41 Å². The van der Waals surface area contributed by atoms with Gasteiger partial charge < -0.3 is 9.90 Å². The molecule has 0 aliphatic heterocycles. The number of rotatable bonds is 0. The van der Waals surface area contributed by atoms with Crippen LogP contribution in [0.3, 0.4) is 0 Å². The van der Waals surface area contributed by atoms with Crippen LogP contribution in [0.2, 0.25) is 0 Å². The molecule has 0 rings (SSSR count). The van der Waals surface area contributed by atoms with Gasteiger partial charge in [0.1, 0.15) is 0 Å². The van der Waals surface area contributed by atoms with Crippen molar-refractivity contribution >= 4 is 12.3 Å². The van der Waals surface area contributed by atoms with Crippen LogP contribution in [0.4, 0.5) is 0 Å². The normalized spacial score (nSPS) is 8.36. The predicted molar refractivity (Wildman–Crippen MR) is 38.5 cm³/mol. The van der Waals surface area contributed by atoms with Crippen molar-refractivity contribution in [3.63, 3.8) is 0 Å². The van der Waals surface area contributed by atoms with E-state index in [4.69, 9.17) is 9.90 Å². The minimum atomic E-state index is -0.833. The Balaban J connectivity index is -0.000000114. The molecule has 0 heterocycles. The fourth-order valence-corrected chi connectivity index (χ4v) is 0. The molecule has 11 heavy (non-hydrogen) atoms. The second-order valence-corrected chi connectivity index (χ2v) is 2.87. The van der Waals surface area contributed by atoms with Crippen molar-refractivity contribution in [2.45, 2.75) is 27.7 Å². The van der Waals surface area contributed by atoms with Crippen LogP contribution in [0, 0.1) is 5.41 Å². The molecule has 0 bridgehead atoms. The Morgan fingerprint density at radius 1 is 1.36 bits per heavy atom. The molecule has 0 aliphatic rings. The van der Waals surface area contributed by atoms with E-state index >= 15 is 0 Å². The first-order chi connectivity index (χ1) is 4.29. The van der Waals surface area contributed by atoms with E-state index in [1.54, 1.807) is 0 Å². The van der Waals surface area contributed by atoms with Gasteiger partial charge in [0.05, 0.1) is 0 Å². The van der Waals surface area contributed by atoms with Gasteiger partial charge in [0.25, 0.3) is 5.97 Å². The van der Waals surface area contributed by atoms with Crippen LogP contribution in [0.15, 0.2) is 0 Å². The summed E-state index contributed by atoms with van der Waals surface area (Å²) >= 11 is 0. The third-order valence-corrected chi connectivity index (χ3v) is 0.306. The zero-order valence-corrected chi connectivity index (χ0v) is 9.72. The molecule has 0 aromatic carbocycles. The molecule has 1 N–H and O–H groups in total. The molecule has 0 aromatic heterocycles. The van der Waals surface area contributed by atoms with Crippen LogP contribution in [0.5, 0.6) is 0 Å². The summed E-state index contributed by atoms with van der Waals surface area (Å²) in [5, 5.41) is 7.42. The fraction of sp³-hybridized carbons (Fsp3) is 0.714. The van der Waals surface area contributed by atoms with Gasteiger partial charge in [-0.2, -0.15) is 0 Å². The zero-order valence-electron chi connectivity index (χ0n) is 7.26. The van der Waals surface area contributed by atoms with Gasteiger partial charge in [-0.05, 0) is 0 Å². The number of carboxylic acid groups (broad SMARTS) is 1. The third kappa shape index (κ3) is 70.6. The molecule has 0 spiro atoms. The molecular weight excluding hydrogens is 223 g/mol.